The second kappa shape index (κ2) is 10.8. The highest BCUT2D eigenvalue weighted by molar-refractivity contribution is 7.92. The number of nitrogens with zero attached hydrogens (tertiary/aromatic N) is 2. The average Bonchev–Trinajstić information content (AvgIpc) is 3.39. The van der Waals surface area contributed by atoms with Gasteiger partial charge in [-0.1, -0.05) is 18.2 Å². The molecule has 2 aliphatic rings. The number of hydrogen-bond donors (Lipinski definition) is 2. The van der Waals surface area contributed by atoms with Crippen molar-refractivity contribution in [2.75, 3.05) is 56.6 Å². The summed E-state index contributed by atoms with van der Waals surface area (Å²) in [5.41, 5.74) is 1.89. The molecule has 29 heavy (non-hydrogen) atoms. The molecule has 1 atom stereocenters. The lowest BCUT2D eigenvalue weighted by molar-refractivity contribution is 0.0168. The van der Waals surface area contributed by atoms with Crippen LogP contribution in [0.5, 0.6) is 0 Å². The zero-order valence-corrected chi connectivity index (χ0v) is 17.9. The highest BCUT2D eigenvalue weighted by atomic mass is 32.2. The van der Waals surface area contributed by atoms with E-state index in [1.807, 2.05) is 24.3 Å². The van der Waals surface area contributed by atoms with Crippen LogP contribution in [0, 0.1) is 0 Å². The molecule has 1 aromatic carbocycles. The van der Waals surface area contributed by atoms with Crippen LogP contribution in [-0.2, 0) is 25.9 Å². The van der Waals surface area contributed by atoms with Crippen LogP contribution in [0.25, 0.3) is 0 Å². The van der Waals surface area contributed by atoms with Gasteiger partial charge >= 0.3 is 0 Å². The van der Waals surface area contributed by atoms with Gasteiger partial charge in [0.05, 0.1) is 24.2 Å². The molecular weight excluding hydrogens is 392 g/mol. The molecule has 1 fully saturated rings. The maximum atomic E-state index is 12.7. The Labute approximate surface area is 173 Å². The van der Waals surface area contributed by atoms with E-state index in [-0.39, 0.29) is 11.9 Å². The monoisotopic (exact) mass is 424 g/mol. The van der Waals surface area contributed by atoms with Gasteiger partial charge in [-0.15, -0.1) is 0 Å². The maximum Gasteiger partial charge on any atom is 0.236 e. The minimum Gasteiger partial charge on any atom is -0.379 e. The molecule has 0 aromatic heterocycles. The lowest BCUT2D eigenvalue weighted by Gasteiger charge is -2.20. The van der Waals surface area contributed by atoms with Crippen molar-refractivity contribution in [3.63, 3.8) is 0 Å². The topological polar surface area (TPSA) is 92.3 Å². The van der Waals surface area contributed by atoms with Crippen molar-refractivity contribution in [2.45, 2.75) is 31.8 Å². The van der Waals surface area contributed by atoms with Gasteiger partial charge in [-0.25, -0.2) is 8.42 Å². The largest absolute Gasteiger partial charge is 0.379 e. The van der Waals surface area contributed by atoms with Gasteiger partial charge in [-0.3, -0.25) is 9.30 Å². The Morgan fingerprint density at radius 2 is 2.14 bits per heavy atom. The zero-order chi connectivity index (χ0) is 20.5. The van der Waals surface area contributed by atoms with E-state index in [4.69, 9.17) is 9.47 Å². The Balaban J connectivity index is 1.32. The summed E-state index contributed by atoms with van der Waals surface area (Å²) in [6.07, 6.45) is 4.07. The first-order chi connectivity index (χ1) is 14.1. The summed E-state index contributed by atoms with van der Waals surface area (Å²) >= 11 is 0. The standard InChI is InChI=1S/C20H32N4O4S/c1-21-20(22-10-5-13-27-16-18-7-4-14-28-18)23-11-15-29(25,26)24-12-9-17-6-2-3-8-19(17)24/h2-3,6,8,18H,4-5,7,9-16H2,1H3,(H2,21,22,23). The summed E-state index contributed by atoms with van der Waals surface area (Å²) < 4.78 is 38.1. The third-order valence-electron chi connectivity index (χ3n) is 5.14. The molecule has 2 N–H and O–H groups in total. The maximum absolute atomic E-state index is 12.7. The molecule has 1 aromatic rings. The fraction of sp³-hybridized carbons (Fsp3) is 0.650. The van der Waals surface area contributed by atoms with E-state index in [0.717, 1.165) is 43.5 Å². The Bertz CT molecular complexity index is 778. The summed E-state index contributed by atoms with van der Waals surface area (Å²) in [5.74, 6) is 0.619. The summed E-state index contributed by atoms with van der Waals surface area (Å²) in [7, 11) is -1.69. The number of aliphatic imine (C=N–C) groups is 1. The molecule has 0 amide bonds. The smallest absolute Gasteiger partial charge is 0.236 e. The summed E-state index contributed by atoms with van der Waals surface area (Å²) in [5, 5.41) is 6.27. The molecule has 0 spiro atoms. The lowest BCUT2D eigenvalue weighted by Crippen LogP contribution is -2.42. The summed E-state index contributed by atoms with van der Waals surface area (Å²) in [4.78, 5) is 4.15. The molecule has 162 valence electrons. The Hall–Kier alpha value is -1.84. The van der Waals surface area contributed by atoms with Crippen LogP contribution in [0.4, 0.5) is 5.69 Å². The predicted molar refractivity (Wildman–Crippen MR) is 115 cm³/mol. The van der Waals surface area contributed by atoms with Crippen LogP contribution >= 0.6 is 0 Å². The average molecular weight is 425 g/mol. The number of rotatable bonds is 10. The second-order valence-electron chi connectivity index (χ2n) is 7.26. The molecule has 1 unspecified atom stereocenters. The van der Waals surface area contributed by atoms with Crippen molar-refractivity contribution in [1.82, 2.24) is 10.6 Å². The van der Waals surface area contributed by atoms with E-state index < -0.39 is 10.0 Å². The Morgan fingerprint density at radius 1 is 1.31 bits per heavy atom. The molecule has 0 saturated carbocycles. The van der Waals surface area contributed by atoms with Crippen molar-refractivity contribution < 1.29 is 17.9 Å². The first-order valence-corrected chi connectivity index (χ1v) is 11.9. The highest BCUT2D eigenvalue weighted by Crippen LogP contribution is 2.29. The van der Waals surface area contributed by atoms with Crippen LogP contribution in [-0.4, -0.2) is 72.7 Å². The number of anilines is 1. The number of para-hydroxylation sites is 1. The normalized spacial score (nSPS) is 19.4. The first-order valence-electron chi connectivity index (χ1n) is 10.3. The molecule has 8 nitrogen and oxygen atoms in total. The quantitative estimate of drug-likeness (QED) is 0.332. The fourth-order valence-corrected chi connectivity index (χ4v) is 5.03. The van der Waals surface area contributed by atoms with Gasteiger partial charge in [0.15, 0.2) is 5.96 Å². The molecular formula is C20H32N4O4S. The van der Waals surface area contributed by atoms with E-state index in [1.54, 1.807) is 7.05 Å². The van der Waals surface area contributed by atoms with Crippen LogP contribution in [0.15, 0.2) is 29.3 Å². The zero-order valence-electron chi connectivity index (χ0n) is 17.1. The molecule has 2 aliphatic heterocycles. The van der Waals surface area contributed by atoms with Crippen LogP contribution in [0.1, 0.15) is 24.8 Å². The molecule has 0 aliphatic carbocycles. The van der Waals surface area contributed by atoms with Crippen LogP contribution in [0.3, 0.4) is 0 Å². The molecule has 2 heterocycles. The van der Waals surface area contributed by atoms with Crippen molar-refractivity contribution >= 4 is 21.7 Å². The molecule has 3 rings (SSSR count). The Kier molecular flexibility index (Phi) is 8.14. The van der Waals surface area contributed by atoms with E-state index in [1.165, 1.54) is 4.31 Å². The predicted octanol–water partition coefficient (Wildman–Crippen LogP) is 1.13. The van der Waals surface area contributed by atoms with Crippen LogP contribution < -0.4 is 14.9 Å². The number of hydrogen-bond acceptors (Lipinski definition) is 5. The van der Waals surface area contributed by atoms with Gasteiger partial charge in [0.1, 0.15) is 0 Å². The number of guanidine groups is 1. The van der Waals surface area contributed by atoms with Gasteiger partial charge in [-0.2, -0.15) is 0 Å². The second-order valence-corrected chi connectivity index (χ2v) is 9.27. The van der Waals surface area contributed by atoms with E-state index in [2.05, 4.69) is 15.6 Å². The van der Waals surface area contributed by atoms with Crippen molar-refractivity contribution in [2.24, 2.45) is 4.99 Å². The van der Waals surface area contributed by atoms with Gasteiger partial charge in [0.25, 0.3) is 0 Å². The first kappa shape index (κ1) is 21.9. The van der Waals surface area contributed by atoms with Crippen molar-refractivity contribution in [3.05, 3.63) is 29.8 Å². The highest BCUT2D eigenvalue weighted by Gasteiger charge is 2.28. The van der Waals surface area contributed by atoms with Gasteiger partial charge in [-0.05, 0) is 37.3 Å². The lowest BCUT2D eigenvalue weighted by atomic mass is 10.2. The fourth-order valence-electron chi connectivity index (χ4n) is 3.60. The van der Waals surface area contributed by atoms with Gasteiger partial charge < -0.3 is 20.1 Å². The van der Waals surface area contributed by atoms with E-state index in [9.17, 15) is 8.42 Å². The summed E-state index contributed by atoms with van der Waals surface area (Å²) in [6.45, 7) is 3.68. The van der Waals surface area contributed by atoms with Gasteiger partial charge in [0.2, 0.25) is 10.0 Å². The minimum absolute atomic E-state index is 0.0204. The summed E-state index contributed by atoms with van der Waals surface area (Å²) in [6, 6.07) is 7.68. The number of ether oxygens (including phenoxy) is 2. The van der Waals surface area contributed by atoms with Gasteiger partial charge in [0, 0.05) is 39.9 Å². The molecule has 9 heteroatoms. The minimum atomic E-state index is -3.36. The Morgan fingerprint density at radius 3 is 2.93 bits per heavy atom. The third-order valence-corrected chi connectivity index (χ3v) is 6.91. The third kappa shape index (κ3) is 6.32. The van der Waals surface area contributed by atoms with Crippen LogP contribution in [0.2, 0.25) is 0 Å². The molecule has 1 saturated heterocycles. The molecule has 0 radical (unpaired) electrons. The van der Waals surface area contributed by atoms with E-state index >= 15 is 0 Å². The molecule has 0 bridgehead atoms. The van der Waals surface area contributed by atoms with E-state index in [0.29, 0.717) is 38.8 Å². The number of nitrogens with one attached hydrogen (secondary N) is 2. The van der Waals surface area contributed by atoms with Crippen molar-refractivity contribution in [1.29, 1.82) is 0 Å². The van der Waals surface area contributed by atoms with Crippen molar-refractivity contribution in [3.8, 4) is 0 Å². The SMILES string of the molecule is CN=C(NCCCOCC1CCCO1)NCCS(=O)(=O)N1CCc2ccccc21. The number of benzene rings is 1. The number of fused-ring (bicyclic) bond motifs is 1. The number of sulfonamides is 1.